The summed E-state index contributed by atoms with van der Waals surface area (Å²) >= 11 is 13.7. The molecule has 2 aromatic rings. The molecule has 0 aliphatic carbocycles. The van der Waals surface area contributed by atoms with E-state index in [0.717, 1.165) is 29.5 Å². The summed E-state index contributed by atoms with van der Waals surface area (Å²) in [6.07, 6.45) is 2.13. The van der Waals surface area contributed by atoms with E-state index in [0.29, 0.717) is 14.9 Å². The van der Waals surface area contributed by atoms with Crippen molar-refractivity contribution >= 4 is 50.5 Å². The molecule has 3 rings (SSSR count). The molecule has 0 spiro atoms. The van der Waals surface area contributed by atoms with Crippen molar-refractivity contribution in [3.63, 3.8) is 0 Å². The first-order valence-electron chi connectivity index (χ1n) is 6.86. The fraction of sp³-hybridized carbons (Fsp3) is 0.400. The number of nitrogens with one attached hydrogen (secondary N) is 1. The van der Waals surface area contributed by atoms with Gasteiger partial charge in [-0.2, -0.15) is 0 Å². The molecule has 2 atom stereocenters. The predicted molar refractivity (Wildman–Crippen MR) is 87.7 cm³/mol. The van der Waals surface area contributed by atoms with Gasteiger partial charge in [-0.25, -0.2) is 0 Å². The van der Waals surface area contributed by atoms with Gasteiger partial charge in [0.15, 0.2) is 0 Å². The van der Waals surface area contributed by atoms with E-state index < -0.39 is 0 Å². The maximum atomic E-state index is 12.4. The molecule has 6 heteroatoms. The smallest absolute Gasteiger partial charge is 0.263 e. The van der Waals surface area contributed by atoms with E-state index in [4.69, 9.17) is 27.9 Å². The number of carbonyl (C=O) groups is 1. The van der Waals surface area contributed by atoms with Gasteiger partial charge >= 0.3 is 0 Å². The Kier molecular flexibility index (Phi) is 4.41. The first-order chi connectivity index (χ1) is 10.1. The summed E-state index contributed by atoms with van der Waals surface area (Å²) < 4.78 is 6.51. The van der Waals surface area contributed by atoms with E-state index in [-0.39, 0.29) is 18.1 Å². The highest BCUT2D eigenvalue weighted by Crippen LogP contribution is 2.36. The van der Waals surface area contributed by atoms with Crippen LogP contribution in [0.5, 0.6) is 0 Å². The van der Waals surface area contributed by atoms with Gasteiger partial charge in [0, 0.05) is 21.7 Å². The molecule has 0 radical (unpaired) electrons. The van der Waals surface area contributed by atoms with E-state index >= 15 is 0 Å². The Morgan fingerprint density at radius 3 is 3.00 bits per heavy atom. The lowest BCUT2D eigenvalue weighted by molar-refractivity contribution is 0.0715. The quantitative estimate of drug-likeness (QED) is 0.890. The van der Waals surface area contributed by atoms with Crippen molar-refractivity contribution in [2.24, 2.45) is 0 Å². The lowest BCUT2D eigenvalue weighted by Crippen LogP contribution is -2.40. The lowest BCUT2D eigenvalue weighted by atomic mass is 10.1. The molecule has 1 N–H and O–H groups in total. The first-order valence-corrected chi connectivity index (χ1v) is 8.43. The predicted octanol–water partition coefficient (Wildman–Crippen LogP) is 4.51. The van der Waals surface area contributed by atoms with Crippen molar-refractivity contribution in [2.45, 2.75) is 31.9 Å². The van der Waals surface area contributed by atoms with Gasteiger partial charge in [0.25, 0.3) is 5.91 Å². The molecule has 112 valence electrons. The van der Waals surface area contributed by atoms with Crippen molar-refractivity contribution in [3.05, 3.63) is 33.1 Å². The summed E-state index contributed by atoms with van der Waals surface area (Å²) in [7, 11) is 0. The van der Waals surface area contributed by atoms with Crippen molar-refractivity contribution in [2.75, 3.05) is 6.61 Å². The van der Waals surface area contributed by atoms with Crippen LogP contribution in [-0.2, 0) is 4.74 Å². The highest BCUT2D eigenvalue weighted by molar-refractivity contribution is 7.21. The number of benzene rings is 1. The maximum Gasteiger partial charge on any atom is 0.263 e. The van der Waals surface area contributed by atoms with Crippen LogP contribution in [0.25, 0.3) is 10.1 Å². The minimum atomic E-state index is -0.152. The zero-order valence-electron chi connectivity index (χ0n) is 11.5. The summed E-state index contributed by atoms with van der Waals surface area (Å²) in [5.74, 6) is -0.152. The molecule has 1 aromatic carbocycles. The molecule has 3 nitrogen and oxygen atoms in total. The molecule has 1 saturated heterocycles. The fourth-order valence-corrected chi connectivity index (χ4v) is 4.24. The molecular formula is C15H15Cl2NO2S. The van der Waals surface area contributed by atoms with Gasteiger partial charge in [0.2, 0.25) is 0 Å². The third-order valence-corrected chi connectivity index (χ3v) is 5.57. The normalized spacial score (nSPS) is 19.9. The molecule has 21 heavy (non-hydrogen) atoms. The number of rotatable bonds is 3. The van der Waals surface area contributed by atoms with Crippen molar-refractivity contribution in [3.8, 4) is 0 Å². The lowest BCUT2D eigenvalue weighted by Gasteiger charge is -2.19. The SMILES string of the molecule is CC(NC(=O)c1sc2cc(Cl)ccc2c1Cl)C1CCCO1. The third kappa shape index (κ3) is 3.04. The number of halogens is 2. The summed E-state index contributed by atoms with van der Waals surface area (Å²) in [6.45, 7) is 2.74. The number of carbonyl (C=O) groups excluding carboxylic acids is 1. The number of thiophene rings is 1. The summed E-state index contributed by atoms with van der Waals surface area (Å²) in [4.78, 5) is 12.9. The van der Waals surface area contributed by atoms with Crippen LogP contribution in [0.3, 0.4) is 0 Å². The number of fused-ring (bicyclic) bond motifs is 1. The maximum absolute atomic E-state index is 12.4. The van der Waals surface area contributed by atoms with Gasteiger partial charge in [0.05, 0.1) is 17.2 Å². The Morgan fingerprint density at radius 2 is 2.29 bits per heavy atom. The Morgan fingerprint density at radius 1 is 1.48 bits per heavy atom. The van der Waals surface area contributed by atoms with Gasteiger partial charge in [0.1, 0.15) is 4.88 Å². The van der Waals surface area contributed by atoms with Crippen molar-refractivity contribution in [1.29, 1.82) is 0 Å². The molecule has 2 heterocycles. The van der Waals surface area contributed by atoms with Crippen LogP contribution in [0.15, 0.2) is 18.2 Å². The van der Waals surface area contributed by atoms with E-state index in [2.05, 4.69) is 5.32 Å². The Balaban J connectivity index is 1.82. The Labute approximate surface area is 137 Å². The van der Waals surface area contributed by atoms with Crippen molar-refractivity contribution in [1.82, 2.24) is 5.32 Å². The topological polar surface area (TPSA) is 38.3 Å². The van der Waals surface area contributed by atoms with Gasteiger partial charge in [-0.3, -0.25) is 4.79 Å². The number of hydrogen-bond acceptors (Lipinski definition) is 3. The molecule has 1 aliphatic heterocycles. The zero-order chi connectivity index (χ0) is 15.0. The zero-order valence-corrected chi connectivity index (χ0v) is 13.8. The van der Waals surface area contributed by atoms with Crippen LogP contribution >= 0.6 is 34.5 Å². The van der Waals surface area contributed by atoms with E-state index in [9.17, 15) is 4.79 Å². The second kappa shape index (κ2) is 6.13. The number of amides is 1. The minimum absolute atomic E-state index is 0.0233. The van der Waals surface area contributed by atoms with Crippen LogP contribution in [0.4, 0.5) is 0 Å². The fourth-order valence-electron chi connectivity index (χ4n) is 2.55. The molecule has 1 amide bonds. The number of ether oxygens (including phenoxy) is 1. The highest BCUT2D eigenvalue weighted by atomic mass is 35.5. The summed E-state index contributed by atoms with van der Waals surface area (Å²) in [6, 6.07) is 5.42. The van der Waals surface area contributed by atoms with Gasteiger partial charge in [-0.1, -0.05) is 29.3 Å². The molecule has 1 fully saturated rings. The second-order valence-corrected chi connectivity index (χ2v) is 7.07. The monoisotopic (exact) mass is 343 g/mol. The summed E-state index contributed by atoms with van der Waals surface area (Å²) in [5, 5.41) is 4.97. The van der Waals surface area contributed by atoms with Crippen LogP contribution in [0.2, 0.25) is 10.0 Å². The molecule has 2 unspecified atom stereocenters. The second-order valence-electron chi connectivity index (χ2n) is 5.20. The van der Waals surface area contributed by atoms with Crippen LogP contribution in [-0.4, -0.2) is 24.7 Å². The average molecular weight is 344 g/mol. The van der Waals surface area contributed by atoms with Crippen LogP contribution in [0.1, 0.15) is 29.4 Å². The highest BCUT2D eigenvalue weighted by Gasteiger charge is 2.25. The number of hydrogen-bond donors (Lipinski definition) is 1. The average Bonchev–Trinajstić information content (AvgIpc) is 3.07. The van der Waals surface area contributed by atoms with Crippen LogP contribution < -0.4 is 5.32 Å². The van der Waals surface area contributed by atoms with E-state index in [1.807, 2.05) is 19.1 Å². The third-order valence-electron chi connectivity index (χ3n) is 3.68. The standard InChI is InChI=1S/C15H15Cl2NO2S/c1-8(11-3-2-6-20-11)18-15(19)14-13(17)10-5-4-9(16)7-12(10)21-14/h4-5,7-8,11H,2-3,6H2,1H3,(H,18,19). The molecule has 1 aromatic heterocycles. The van der Waals surface area contributed by atoms with Crippen LogP contribution in [0, 0.1) is 0 Å². The van der Waals surface area contributed by atoms with Gasteiger partial charge in [-0.05, 0) is 31.9 Å². The summed E-state index contributed by atoms with van der Waals surface area (Å²) in [5.41, 5.74) is 0. The largest absolute Gasteiger partial charge is 0.376 e. The van der Waals surface area contributed by atoms with Crippen molar-refractivity contribution < 1.29 is 9.53 Å². The Hall–Kier alpha value is -0.810. The first kappa shape index (κ1) is 15.1. The molecule has 0 bridgehead atoms. The molecule has 0 saturated carbocycles. The minimum Gasteiger partial charge on any atom is -0.376 e. The van der Waals surface area contributed by atoms with E-state index in [1.165, 1.54) is 11.3 Å². The molecular weight excluding hydrogens is 329 g/mol. The molecule has 1 aliphatic rings. The Bertz CT molecular complexity index is 680. The van der Waals surface area contributed by atoms with Gasteiger partial charge in [-0.15, -0.1) is 11.3 Å². The van der Waals surface area contributed by atoms with Gasteiger partial charge < -0.3 is 10.1 Å². The van der Waals surface area contributed by atoms with E-state index in [1.54, 1.807) is 6.07 Å².